The SMILES string of the molecule is C/C=C/C=Nc1cc(-c2nc3cc(Cl)ccc3s2)ccc1OCCOCCOCC. The van der Waals surface area contributed by atoms with E-state index in [1.807, 2.05) is 62.4 Å². The quantitative estimate of drug-likeness (QED) is 0.256. The average Bonchev–Trinajstić information content (AvgIpc) is 3.17. The number of rotatable bonds is 11. The van der Waals surface area contributed by atoms with E-state index >= 15 is 0 Å². The van der Waals surface area contributed by atoms with E-state index in [9.17, 15) is 0 Å². The minimum Gasteiger partial charge on any atom is -0.489 e. The molecular formula is C23H25ClN2O3S. The molecule has 0 saturated carbocycles. The standard InChI is InChI=1S/C23H25ClN2O3S/c1-3-5-10-25-19-15-17(23-26-20-16-18(24)7-9-22(20)30-23)6-8-21(19)29-14-13-28-12-11-27-4-2/h3,5-10,15-16H,4,11-14H2,1-2H3/b5-3+,25-10?. The Morgan fingerprint density at radius 1 is 1.07 bits per heavy atom. The zero-order chi connectivity index (χ0) is 21.2. The van der Waals surface area contributed by atoms with Crippen molar-refractivity contribution in [2.24, 2.45) is 4.99 Å². The van der Waals surface area contributed by atoms with Gasteiger partial charge in [0.15, 0.2) is 0 Å². The summed E-state index contributed by atoms with van der Waals surface area (Å²) in [5.74, 6) is 0.706. The molecule has 2 aromatic carbocycles. The van der Waals surface area contributed by atoms with Gasteiger partial charge in [0.25, 0.3) is 0 Å². The molecule has 0 amide bonds. The van der Waals surface area contributed by atoms with Gasteiger partial charge in [0.05, 0.1) is 30.0 Å². The van der Waals surface area contributed by atoms with Crippen molar-refractivity contribution in [3.8, 4) is 16.3 Å². The van der Waals surface area contributed by atoms with Gasteiger partial charge in [-0.05, 0) is 56.3 Å². The Bertz CT molecular complexity index is 1020. The van der Waals surface area contributed by atoms with Crippen LogP contribution in [-0.4, -0.2) is 44.2 Å². The highest BCUT2D eigenvalue weighted by molar-refractivity contribution is 7.21. The first-order valence-electron chi connectivity index (χ1n) is 9.85. The van der Waals surface area contributed by atoms with E-state index in [1.165, 1.54) is 0 Å². The van der Waals surface area contributed by atoms with Crippen LogP contribution in [0.5, 0.6) is 5.75 Å². The van der Waals surface area contributed by atoms with Gasteiger partial charge in [0.2, 0.25) is 0 Å². The Kier molecular flexibility index (Phi) is 8.83. The highest BCUT2D eigenvalue weighted by Crippen LogP contribution is 2.36. The lowest BCUT2D eigenvalue weighted by atomic mass is 10.2. The fourth-order valence-electron chi connectivity index (χ4n) is 2.68. The first-order valence-corrected chi connectivity index (χ1v) is 11.0. The average molecular weight is 445 g/mol. The maximum Gasteiger partial charge on any atom is 0.145 e. The number of thiazole rings is 1. The summed E-state index contributed by atoms with van der Waals surface area (Å²) in [7, 11) is 0. The third kappa shape index (κ3) is 6.37. The molecule has 30 heavy (non-hydrogen) atoms. The Labute approximate surface area is 186 Å². The van der Waals surface area contributed by atoms with Gasteiger partial charge in [0, 0.05) is 23.4 Å². The number of hydrogen-bond donors (Lipinski definition) is 0. The fourth-order valence-corrected chi connectivity index (χ4v) is 3.79. The van der Waals surface area contributed by atoms with E-state index in [1.54, 1.807) is 17.6 Å². The third-order valence-electron chi connectivity index (χ3n) is 4.11. The van der Waals surface area contributed by atoms with Gasteiger partial charge < -0.3 is 14.2 Å². The van der Waals surface area contributed by atoms with Crippen molar-refractivity contribution >= 4 is 45.1 Å². The van der Waals surface area contributed by atoms with E-state index in [4.69, 9.17) is 30.8 Å². The molecule has 0 saturated heterocycles. The summed E-state index contributed by atoms with van der Waals surface area (Å²) in [4.78, 5) is 9.27. The van der Waals surface area contributed by atoms with Crippen LogP contribution < -0.4 is 4.74 Å². The van der Waals surface area contributed by atoms with Crippen molar-refractivity contribution in [1.82, 2.24) is 4.98 Å². The van der Waals surface area contributed by atoms with Crippen LogP contribution >= 0.6 is 22.9 Å². The zero-order valence-electron chi connectivity index (χ0n) is 17.1. The lowest BCUT2D eigenvalue weighted by Crippen LogP contribution is -2.10. The van der Waals surface area contributed by atoms with Crippen molar-refractivity contribution in [3.05, 3.63) is 53.6 Å². The summed E-state index contributed by atoms with van der Waals surface area (Å²) >= 11 is 7.72. The van der Waals surface area contributed by atoms with Crippen LogP contribution in [0, 0.1) is 0 Å². The highest BCUT2D eigenvalue weighted by atomic mass is 35.5. The molecule has 3 aromatic rings. The number of hydrogen-bond acceptors (Lipinski definition) is 6. The van der Waals surface area contributed by atoms with Gasteiger partial charge in [-0.1, -0.05) is 17.7 Å². The van der Waals surface area contributed by atoms with Gasteiger partial charge in [-0.25, -0.2) is 4.98 Å². The van der Waals surface area contributed by atoms with Crippen molar-refractivity contribution in [1.29, 1.82) is 0 Å². The minimum absolute atomic E-state index is 0.442. The van der Waals surface area contributed by atoms with Crippen LogP contribution in [-0.2, 0) is 9.47 Å². The van der Waals surface area contributed by atoms with Crippen LogP contribution in [0.25, 0.3) is 20.8 Å². The van der Waals surface area contributed by atoms with Gasteiger partial charge in [-0.3, -0.25) is 4.99 Å². The van der Waals surface area contributed by atoms with Crippen molar-refractivity contribution < 1.29 is 14.2 Å². The van der Waals surface area contributed by atoms with E-state index in [2.05, 4.69) is 4.99 Å². The van der Waals surface area contributed by atoms with E-state index in [0.717, 1.165) is 26.5 Å². The highest BCUT2D eigenvalue weighted by Gasteiger charge is 2.10. The lowest BCUT2D eigenvalue weighted by molar-refractivity contribution is 0.0405. The summed E-state index contributed by atoms with van der Waals surface area (Å²) < 4.78 is 17.8. The number of nitrogens with zero attached hydrogens (tertiary/aromatic N) is 2. The van der Waals surface area contributed by atoms with E-state index in [0.29, 0.717) is 43.8 Å². The Hall–Kier alpha value is -2.25. The van der Waals surface area contributed by atoms with Gasteiger partial charge >= 0.3 is 0 Å². The lowest BCUT2D eigenvalue weighted by Gasteiger charge is -2.10. The molecule has 1 heterocycles. The molecule has 0 spiro atoms. The summed E-state index contributed by atoms with van der Waals surface area (Å²) in [6.45, 7) is 6.70. The second-order valence-corrected chi connectivity index (χ2v) is 7.74. The smallest absolute Gasteiger partial charge is 0.145 e. The number of aromatic nitrogens is 1. The van der Waals surface area contributed by atoms with Gasteiger partial charge in [-0.2, -0.15) is 0 Å². The van der Waals surface area contributed by atoms with Crippen LogP contribution in [0.1, 0.15) is 13.8 Å². The number of halogens is 1. The Morgan fingerprint density at radius 3 is 2.73 bits per heavy atom. The predicted octanol–water partition coefficient (Wildman–Crippen LogP) is 6.33. The van der Waals surface area contributed by atoms with Crippen molar-refractivity contribution in [2.45, 2.75) is 13.8 Å². The first kappa shape index (κ1) is 22.4. The summed E-state index contributed by atoms with van der Waals surface area (Å²) in [5, 5.41) is 1.60. The van der Waals surface area contributed by atoms with Crippen molar-refractivity contribution in [2.75, 3.05) is 33.0 Å². The number of benzene rings is 2. The third-order valence-corrected chi connectivity index (χ3v) is 5.43. The molecule has 0 aliphatic heterocycles. The molecule has 0 radical (unpaired) electrons. The first-order chi connectivity index (χ1) is 14.7. The normalized spacial score (nSPS) is 11.8. The Morgan fingerprint density at radius 2 is 1.90 bits per heavy atom. The Balaban J connectivity index is 1.74. The number of aliphatic imine (C=N–C) groups is 1. The van der Waals surface area contributed by atoms with Crippen LogP contribution in [0.15, 0.2) is 53.5 Å². The zero-order valence-corrected chi connectivity index (χ0v) is 18.7. The predicted molar refractivity (Wildman–Crippen MR) is 126 cm³/mol. The van der Waals surface area contributed by atoms with Crippen molar-refractivity contribution in [3.63, 3.8) is 0 Å². The summed E-state index contributed by atoms with van der Waals surface area (Å²) in [5.41, 5.74) is 2.63. The molecule has 1 aromatic heterocycles. The second-order valence-electron chi connectivity index (χ2n) is 6.28. The molecule has 3 rings (SSSR count). The van der Waals surface area contributed by atoms with Gasteiger partial charge in [-0.15, -0.1) is 11.3 Å². The topological polar surface area (TPSA) is 52.9 Å². The molecule has 0 bridgehead atoms. The monoisotopic (exact) mass is 444 g/mol. The maximum atomic E-state index is 6.09. The molecule has 5 nitrogen and oxygen atoms in total. The number of allylic oxidation sites excluding steroid dienone is 2. The number of ether oxygens (including phenoxy) is 3. The van der Waals surface area contributed by atoms with E-state index in [-0.39, 0.29) is 0 Å². The largest absolute Gasteiger partial charge is 0.489 e. The van der Waals surface area contributed by atoms with Crippen LogP contribution in [0.2, 0.25) is 5.02 Å². The van der Waals surface area contributed by atoms with Crippen LogP contribution in [0.3, 0.4) is 0 Å². The maximum absolute atomic E-state index is 6.09. The van der Waals surface area contributed by atoms with Crippen LogP contribution in [0.4, 0.5) is 5.69 Å². The minimum atomic E-state index is 0.442. The molecule has 0 aliphatic carbocycles. The molecule has 158 valence electrons. The second kappa shape index (κ2) is 11.8. The molecule has 0 aliphatic rings. The molecule has 0 fully saturated rings. The summed E-state index contributed by atoms with van der Waals surface area (Å²) in [6, 6.07) is 11.7. The fraction of sp³-hybridized carbons (Fsp3) is 0.304. The molecule has 7 heteroatoms. The van der Waals surface area contributed by atoms with E-state index < -0.39 is 0 Å². The molecular weight excluding hydrogens is 420 g/mol. The molecule has 0 N–H and O–H groups in total. The van der Waals surface area contributed by atoms with Gasteiger partial charge in [0.1, 0.15) is 23.1 Å². The molecule has 0 unspecified atom stereocenters. The molecule has 0 atom stereocenters. The number of fused-ring (bicyclic) bond motifs is 1. The summed E-state index contributed by atoms with van der Waals surface area (Å²) in [6.07, 6.45) is 5.56.